The molecule has 1 aromatic rings. The summed E-state index contributed by atoms with van der Waals surface area (Å²) in [6.07, 6.45) is 5.16. The Kier molecular flexibility index (Phi) is 3.35. The van der Waals surface area contributed by atoms with Gasteiger partial charge in [0.25, 0.3) is 0 Å². The zero-order valence-electron chi connectivity index (χ0n) is 11.2. The SMILES string of the molecule is CCNC1CC2CCC(C1)N2Cc1nc(C)no1. The fourth-order valence-electron chi connectivity index (χ4n) is 3.55. The quantitative estimate of drug-likeness (QED) is 0.877. The maximum Gasteiger partial charge on any atom is 0.240 e. The van der Waals surface area contributed by atoms with Gasteiger partial charge in [0, 0.05) is 18.1 Å². The molecule has 5 heteroatoms. The summed E-state index contributed by atoms with van der Waals surface area (Å²) in [4.78, 5) is 6.89. The summed E-state index contributed by atoms with van der Waals surface area (Å²) in [7, 11) is 0. The van der Waals surface area contributed by atoms with Crippen molar-refractivity contribution < 1.29 is 4.52 Å². The van der Waals surface area contributed by atoms with E-state index in [0.717, 1.165) is 24.8 Å². The molecule has 5 nitrogen and oxygen atoms in total. The highest BCUT2D eigenvalue weighted by Crippen LogP contribution is 2.36. The lowest BCUT2D eigenvalue weighted by molar-refractivity contribution is 0.0967. The van der Waals surface area contributed by atoms with Crippen LogP contribution in [-0.2, 0) is 6.54 Å². The normalized spacial score (nSPS) is 32.0. The molecule has 1 aromatic heterocycles. The minimum absolute atomic E-state index is 0.694. The number of nitrogens with zero attached hydrogens (tertiary/aromatic N) is 3. The summed E-state index contributed by atoms with van der Waals surface area (Å²) >= 11 is 0. The van der Waals surface area contributed by atoms with E-state index in [9.17, 15) is 0 Å². The average Bonchev–Trinajstić information content (AvgIpc) is 2.83. The highest BCUT2D eigenvalue weighted by molar-refractivity contribution is 4.99. The number of fused-ring (bicyclic) bond motifs is 2. The lowest BCUT2D eigenvalue weighted by Gasteiger charge is -2.38. The number of hydrogen-bond acceptors (Lipinski definition) is 5. The van der Waals surface area contributed by atoms with Crippen LogP contribution in [0.1, 0.15) is 44.3 Å². The van der Waals surface area contributed by atoms with Gasteiger partial charge >= 0.3 is 0 Å². The minimum atomic E-state index is 0.694. The summed E-state index contributed by atoms with van der Waals surface area (Å²) < 4.78 is 5.25. The molecule has 2 atom stereocenters. The summed E-state index contributed by atoms with van der Waals surface area (Å²) in [6, 6.07) is 2.09. The summed E-state index contributed by atoms with van der Waals surface area (Å²) in [5, 5.41) is 7.47. The summed E-state index contributed by atoms with van der Waals surface area (Å²) in [5.74, 6) is 1.51. The molecule has 2 saturated heterocycles. The first-order chi connectivity index (χ1) is 8.76. The Morgan fingerprint density at radius 1 is 1.33 bits per heavy atom. The monoisotopic (exact) mass is 250 g/mol. The molecule has 2 fully saturated rings. The fourth-order valence-corrected chi connectivity index (χ4v) is 3.55. The van der Waals surface area contributed by atoms with Crippen LogP contribution in [0, 0.1) is 6.92 Å². The number of rotatable bonds is 4. The van der Waals surface area contributed by atoms with Gasteiger partial charge in [0.2, 0.25) is 5.89 Å². The largest absolute Gasteiger partial charge is 0.338 e. The molecule has 18 heavy (non-hydrogen) atoms. The van der Waals surface area contributed by atoms with Crippen molar-refractivity contribution in [3.8, 4) is 0 Å². The van der Waals surface area contributed by atoms with Crippen molar-refractivity contribution in [1.29, 1.82) is 0 Å². The molecule has 2 bridgehead atoms. The number of aromatic nitrogens is 2. The Labute approximate surface area is 108 Å². The van der Waals surface area contributed by atoms with Gasteiger partial charge in [0.1, 0.15) is 0 Å². The van der Waals surface area contributed by atoms with E-state index >= 15 is 0 Å². The molecule has 3 heterocycles. The molecule has 0 aromatic carbocycles. The van der Waals surface area contributed by atoms with Crippen LogP contribution in [0.5, 0.6) is 0 Å². The number of hydrogen-bond donors (Lipinski definition) is 1. The van der Waals surface area contributed by atoms with Gasteiger partial charge in [0.15, 0.2) is 5.82 Å². The van der Waals surface area contributed by atoms with Gasteiger partial charge in [-0.25, -0.2) is 0 Å². The topological polar surface area (TPSA) is 54.2 Å². The highest BCUT2D eigenvalue weighted by Gasteiger charge is 2.40. The molecular formula is C13H22N4O. The van der Waals surface area contributed by atoms with E-state index in [1.54, 1.807) is 0 Å². The van der Waals surface area contributed by atoms with E-state index in [-0.39, 0.29) is 0 Å². The number of piperidine rings is 1. The maximum absolute atomic E-state index is 5.25. The van der Waals surface area contributed by atoms with Gasteiger partial charge in [-0.2, -0.15) is 4.98 Å². The first kappa shape index (κ1) is 12.1. The van der Waals surface area contributed by atoms with Crippen molar-refractivity contribution in [3.05, 3.63) is 11.7 Å². The fraction of sp³-hybridized carbons (Fsp3) is 0.846. The second-order valence-electron chi connectivity index (χ2n) is 5.52. The molecule has 2 unspecified atom stereocenters. The van der Waals surface area contributed by atoms with Crippen molar-refractivity contribution >= 4 is 0 Å². The molecule has 0 radical (unpaired) electrons. The molecule has 0 amide bonds. The van der Waals surface area contributed by atoms with Crippen LogP contribution < -0.4 is 5.32 Å². The first-order valence-corrected chi connectivity index (χ1v) is 7.04. The Balaban J connectivity index is 1.65. The van der Waals surface area contributed by atoms with Crippen LogP contribution in [0.4, 0.5) is 0 Å². The van der Waals surface area contributed by atoms with Gasteiger partial charge in [-0.1, -0.05) is 12.1 Å². The zero-order chi connectivity index (χ0) is 12.5. The van der Waals surface area contributed by atoms with Crippen molar-refractivity contribution in [1.82, 2.24) is 20.4 Å². The zero-order valence-corrected chi connectivity index (χ0v) is 11.2. The molecule has 100 valence electrons. The molecule has 2 aliphatic heterocycles. The Hall–Kier alpha value is -0.940. The Morgan fingerprint density at radius 2 is 2.06 bits per heavy atom. The standard InChI is InChI=1S/C13H22N4O/c1-3-14-10-6-11-4-5-12(7-10)17(11)8-13-15-9(2)16-18-13/h10-12,14H,3-8H2,1-2H3. The first-order valence-electron chi connectivity index (χ1n) is 7.04. The van der Waals surface area contributed by atoms with E-state index in [1.165, 1.54) is 25.7 Å². The Bertz CT molecular complexity index is 391. The van der Waals surface area contributed by atoms with Crippen LogP contribution in [0.2, 0.25) is 0 Å². The van der Waals surface area contributed by atoms with Gasteiger partial charge in [-0.15, -0.1) is 0 Å². The molecule has 0 saturated carbocycles. The Morgan fingerprint density at radius 3 is 2.61 bits per heavy atom. The molecular weight excluding hydrogens is 228 g/mol. The molecule has 1 N–H and O–H groups in total. The molecule has 0 aliphatic carbocycles. The van der Waals surface area contributed by atoms with Gasteiger partial charge in [-0.3, -0.25) is 4.90 Å². The molecule has 0 spiro atoms. The third-order valence-corrected chi connectivity index (χ3v) is 4.26. The van der Waals surface area contributed by atoms with E-state index in [1.807, 2.05) is 6.92 Å². The second kappa shape index (κ2) is 4.97. The van der Waals surface area contributed by atoms with E-state index in [4.69, 9.17) is 4.52 Å². The average molecular weight is 250 g/mol. The van der Waals surface area contributed by atoms with Crippen molar-refractivity contribution in [2.75, 3.05) is 6.54 Å². The van der Waals surface area contributed by atoms with Gasteiger partial charge < -0.3 is 9.84 Å². The predicted octanol–water partition coefficient (Wildman–Crippen LogP) is 1.48. The smallest absolute Gasteiger partial charge is 0.240 e. The van der Waals surface area contributed by atoms with Gasteiger partial charge in [-0.05, 0) is 39.2 Å². The van der Waals surface area contributed by atoms with Crippen molar-refractivity contribution in [2.45, 2.75) is 64.2 Å². The van der Waals surface area contributed by atoms with E-state index in [0.29, 0.717) is 18.1 Å². The van der Waals surface area contributed by atoms with E-state index < -0.39 is 0 Å². The van der Waals surface area contributed by atoms with Gasteiger partial charge in [0.05, 0.1) is 6.54 Å². The second-order valence-corrected chi connectivity index (χ2v) is 5.52. The van der Waals surface area contributed by atoms with E-state index in [2.05, 4.69) is 27.3 Å². The maximum atomic E-state index is 5.25. The minimum Gasteiger partial charge on any atom is -0.338 e. The third kappa shape index (κ3) is 2.29. The van der Waals surface area contributed by atoms with Crippen LogP contribution in [-0.4, -0.2) is 39.7 Å². The number of aryl methyl sites for hydroxylation is 1. The predicted molar refractivity (Wildman–Crippen MR) is 68.1 cm³/mol. The summed E-state index contributed by atoms with van der Waals surface area (Å²) in [5.41, 5.74) is 0. The number of nitrogens with one attached hydrogen (secondary N) is 1. The highest BCUT2D eigenvalue weighted by atomic mass is 16.5. The molecule has 3 rings (SSSR count). The van der Waals surface area contributed by atoms with Crippen LogP contribution in [0.3, 0.4) is 0 Å². The van der Waals surface area contributed by atoms with Crippen LogP contribution in [0.25, 0.3) is 0 Å². The molecule has 2 aliphatic rings. The van der Waals surface area contributed by atoms with Crippen LogP contribution >= 0.6 is 0 Å². The lowest BCUT2D eigenvalue weighted by atomic mass is 9.97. The lowest BCUT2D eigenvalue weighted by Crippen LogP contribution is -2.48. The summed E-state index contributed by atoms with van der Waals surface area (Å²) in [6.45, 7) is 5.97. The van der Waals surface area contributed by atoms with Crippen molar-refractivity contribution in [2.24, 2.45) is 0 Å². The van der Waals surface area contributed by atoms with Crippen molar-refractivity contribution in [3.63, 3.8) is 0 Å². The third-order valence-electron chi connectivity index (χ3n) is 4.26. The van der Waals surface area contributed by atoms with Crippen LogP contribution in [0.15, 0.2) is 4.52 Å².